The second-order valence-electron chi connectivity index (χ2n) is 5.07. The van der Waals surface area contributed by atoms with Gasteiger partial charge in [-0.15, -0.1) is 11.8 Å². The monoisotopic (exact) mass is 330 g/mol. The fraction of sp³-hybridized carbons (Fsp3) is 0.235. The molecule has 2 N–H and O–H groups in total. The molecule has 1 heterocycles. The van der Waals surface area contributed by atoms with E-state index >= 15 is 0 Å². The van der Waals surface area contributed by atoms with Gasteiger partial charge in [-0.2, -0.15) is 0 Å². The number of aliphatic carboxylic acids is 1. The number of nitrogens with one attached hydrogen (secondary N) is 1. The Morgan fingerprint density at radius 3 is 2.87 bits per heavy atom. The number of nitrogens with zero attached hydrogens (tertiary/aromatic N) is 1. The van der Waals surface area contributed by atoms with E-state index in [4.69, 9.17) is 5.11 Å². The number of rotatable bonds is 6. The number of carbonyl (C=O) groups excluding carboxylic acids is 1. The highest BCUT2D eigenvalue weighted by Crippen LogP contribution is 2.27. The lowest BCUT2D eigenvalue weighted by Crippen LogP contribution is -2.41. The van der Waals surface area contributed by atoms with Crippen LogP contribution >= 0.6 is 11.8 Å². The third kappa shape index (κ3) is 4.82. The Hall–Kier alpha value is -2.34. The molecule has 5 nitrogen and oxygen atoms in total. The van der Waals surface area contributed by atoms with Crippen LogP contribution < -0.4 is 5.32 Å². The van der Waals surface area contributed by atoms with E-state index in [9.17, 15) is 9.59 Å². The maximum Gasteiger partial charge on any atom is 0.327 e. The van der Waals surface area contributed by atoms with E-state index < -0.39 is 12.0 Å². The van der Waals surface area contributed by atoms with Crippen LogP contribution in [0.3, 0.4) is 0 Å². The lowest BCUT2D eigenvalue weighted by molar-refractivity contribution is -0.140. The molecule has 0 aromatic carbocycles. The number of hydrogen-bond donors (Lipinski definition) is 2. The van der Waals surface area contributed by atoms with Crippen molar-refractivity contribution in [3.63, 3.8) is 0 Å². The smallest absolute Gasteiger partial charge is 0.327 e. The Bertz CT molecular complexity index is 708. The minimum absolute atomic E-state index is 0.286. The summed E-state index contributed by atoms with van der Waals surface area (Å²) in [6.45, 7) is 3.23. The quantitative estimate of drug-likeness (QED) is 0.838. The minimum Gasteiger partial charge on any atom is -0.480 e. The summed E-state index contributed by atoms with van der Waals surface area (Å²) < 4.78 is 0. The summed E-state index contributed by atoms with van der Waals surface area (Å²) in [6, 6.07) is 3.03. The van der Waals surface area contributed by atoms with E-state index in [0.29, 0.717) is 0 Å². The Balaban J connectivity index is 1.98. The average molecular weight is 330 g/mol. The zero-order chi connectivity index (χ0) is 16.8. The van der Waals surface area contributed by atoms with Crippen molar-refractivity contribution in [2.45, 2.75) is 19.9 Å². The molecule has 1 aliphatic carbocycles. The highest BCUT2D eigenvalue weighted by Gasteiger charge is 2.18. The van der Waals surface area contributed by atoms with Crippen LogP contribution in [0.5, 0.6) is 0 Å². The van der Waals surface area contributed by atoms with Crippen molar-refractivity contribution in [3.8, 4) is 0 Å². The van der Waals surface area contributed by atoms with E-state index in [-0.39, 0.29) is 11.7 Å². The van der Waals surface area contributed by atoms with E-state index in [0.717, 1.165) is 21.7 Å². The minimum atomic E-state index is -1.03. The molecule has 1 amide bonds. The highest BCUT2D eigenvalue weighted by atomic mass is 32.2. The molecule has 0 spiro atoms. The third-order valence-corrected chi connectivity index (χ3v) is 4.31. The Kier molecular flexibility index (Phi) is 5.76. The molecule has 2 rings (SSSR count). The molecule has 0 radical (unpaired) electrons. The number of amides is 1. The van der Waals surface area contributed by atoms with Gasteiger partial charge in [-0.25, -0.2) is 4.79 Å². The number of pyridine rings is 1. The fourth-order valence-electron chi connectivity index (χ4n) is 2.09. The summed E-state index contributed by atoms with van der Waals surface area (Å²) in [4.78, 5) is 27.3. The first-order valence-electron chi connectivity index (χ1n) is 7.12. The summed E-state index contributed by atoms with van der Waals surface area (Å²) in [5.41, 5.74) is 3.11. The first kappa shape index (κ1) is 17.0. The SMILES string of the molecule is CC(=O)N[C@@H](CS/C(C)=C/C=C1\C=Cc2ncccc21)C(=O)O. The van der Waals surface area contributed by atoms with E-state index in [1.54, 1.807) is 6.20 Å². The summed E-state index contributed by atoms with van der Waals surface area (Å²) in [7, 11) is 0. The molecule has 23 heavy (non-hydrogen) atoms. The van der Waals surface area contributed by atoms with Gasteiger partial charge in [0.15, 0.2) is 0 Å². The van der Waals surface area contributed by atoms with Gasteiger partial charge in [0.25, 0.3) is 0 Å². The van der Waals surface area contributed by atoms with Crippen molar-refractivity contribution in [1.29, 1.82) is 0 Å². The van der Waals surface area contributed by atoms with Crippen LogP contribution in [0.1, 0.15) is 25.1 Å². The zero-order valence-electron chi connectivity index (χ0n) is 12.9. The van der Waals surface area contributed by atoms with Gasteiger partial charge in [-0.3, -0.25) is 9.78 Å². The van der Waals surface area contributed by atoms with Crippen molar-refractivity contribution in [3.05, 3.63) is 52.7 Å². The number of hydrogen-bond acceptors (Lipinski definition) is 4. The van der Waals surface area contributed by atoms with Crippen LogP contribution in [-0.2, 0) is 9.59 Å². The second-order valence-corrected chi connectivity index (χ2v) is 6.34. The Labute approximate surface area is 139 Å². The zero-order valence-corrected chi connectivity index (χ0v) is 13.8. The van der Waals surface area contributed by atoms with Crippen LogP contribution in [0, 0.1) is 0 Å². The van der Waals surface area contributed by atoms with Gasteiger partial charge in [-0.1, -0.05) is 24.3 Å². The van der Waals surface area contributed by atoms with Crippen molar-refractivity contribution in [1.82, 2.24) is 10.3 Å². The summed E-state index contributed by atoms with van der Waals surface area (Å²) >= 11 is 1.40. The fourth-order valence-corrected chi connectivity index (χ4v) is 2.91. The molecule has 0 saturated heterocycles. The Morgan fingerprint density at radius 1 is 1.39 bits per heavy atom. The van der Waals surface area contributed by atoms with Crippen LogP contribution in [0.2, 0.25) is 0 Å². The standard InChI is InChI=1S/C17H18N2O3S/c1-11(23-10-16(17(21)22)19-12(2)20)5-6-13-7-8-15-14(13)4-3-9-18-15/h3-9,16H,10H2,1-2H3,(H,19,20)(H,21,22)/b11-5+,13-6+/t16-/m0/s1. The maximum absolute atomic E-state index is 11.1. The topological polar surface area (TPSA) is 79.3 Å². The lowest BCUT2D eigenvalue weighted by Gasteiger charge is -2.12. The van der Waals surface area contributed by atoms with Crippen molar-refractivity contribution in [2.75, 3.05) is 5.75 Å². The molecular formula is C17H18N2O3S. The van der Waals surface area contributed by atoms with Gasteiger partial charge in [0.2, 0.25) is 5.91 Å². The van der Waals surface area contributed by atoms with Crippen molar-refractivity contribution in [2.24, 2.45) is 0 Å². The number of carboxylic acid groups (broad SMARTS) is 1. The number of carbonyl (C=O) groups is 2. The molecule has 1 atom stereocenters. The summed E-state index contributed by atoms with van der Waals surface area (Å²) in [5.74, 6) is -1.09. The predicted octanol–water partition coefficient (Wildman–Crippen LogP) is 2.72. The normalized spacial score (nSPS) is 16.3. The summed E-state index contributed by atoms with van der Waals surface area (Å²) in [6.07, 6.45) is 9.66. The highest BCUT2D eigenvalue weighted by molar-refractivity contribution is 8.03. The predicted molar refractivity (Wildman–Crippen MR) is 92.7 cm³/mol. The van der Waals surface area contributed by atoms with E-state index in [2.05, 4.69) is 10.3 Å². The lowest BCUT2D eigenvalue weighted by atomic mass is 10.1. The molecule has 1 aromatic rings. The molecule has 1 aliphatic rings. The van der Waals surface area contributed by atoms with Crippen LogP contribution in [0.25, 0.3) is 11.6 Å². The molecule has 0 unspecified atom stereocenters. The van der Waals surface area contributed by atoms with Gasteiger partial charge in [-0.05, 0) is 29.5 Å². The van der Waals surface area contributed by atoms with Crippen molar-refractivity contribution < 1.29 is 14.7 Å². The van der Waals surface area contributed by atoms with Crippen molar-refractivity contribution >= 4 is 35.3 Å². The van der Waals surface area contributed by atoms with Crippen LogP contribution in [-0.4, -0.2) is 33.8 Å². The maximum atomic E-state index is 11.1. The average Bonchev–Trinajstić information content (AvgIpc) is 2.92. The molecule has 0 fully saturated rings. The van der Waals surface area contributed by atoms with Gasteiger partial charge in [0.05, 0.1) is 5.69 Å². The molecule has 0 bridgehead atoms. The number of fused-ring (bicyclic) bond motifs is 1. The van der Waals surface area contributed by atoms with Gasteiger partial charge >= 0.3 is 5.97 Å². The van der Waals surface area contributed by atoms with Crippen LogP contribution in [0.4, 0.5) is 0 Å². The number of carboxylic acids is 1. The first-order chi connectivity index (χ1) is 11.0. The molecule has 120 valence electrons. The van der Waals surface area contributed by atoms with Gasteiger partial charge < -0.3 is 10.4 Å². The molecule has 0 aliphatic heterocycles. The van der Waals surface area contributed by atoms with Gasteiger partial charge in [0, 0.05) is 24.4 Å². The second kappa shape index (κ2) is 7.78. The third-order valence-electron chi connectivity index (χ3n) is 3.22. The Morgan fingerprint density at radius 2 is 2.17 bits per heavy atom. The van der Waals surface area contributed by atoms with Gasteiger partial charge in [0.1, 0.15) is 6.04 Å². The number of thioether (sulfide) groups is 1. The summed E-state index contributed by atoms with van der Waals surface area (Å²) in [5, 5.41) is 11.5. The van der Waals surface area contributed by atoms with E-state index in [1.807, 2.05) is 43.4 Å². The molecular weight excluding hydrogens is 312 g/mol. The van der Waals surface area contributed by atoms with Crippen LogP contribution in [0.15, 0.2) is 41.5 Å². The number of aromatic nitrogens is 1. The molecule has 0 saturated carbocycles. The molecule has 1 aromatic heterocycles. The number of allylic oxidation sites excluding steroid dienone is 5. The van der Waals surface area contributed by atoms with E-state index in [1.165, 1.54) is 18.7 Å². The first-order valence-corrected chi connectivity index (χ1v) is 8.10. The molecule has 6 heteroatoms. The largest absolute Gasteiger partial charge is 0.480 e.